The van der Waals surface area contributed by atoms with Gasteiger partial charge >= 0.3 is 11.9 Å². The number of amides is 1. The molecule has 0 N–H and O–H groups in total. The number of thioether (sulfide) groups is 1. The number of carbonyl (C=O) groups excluding carboxylic acids is 3. The van der Waals surface area contributed by atoms with Crippen molar-refractivity contribution in [1.82, 2.24) is 9.88 Å². The fraction of sp³-hybridized carbons (Fsp3) is 0.884. The maximum absolute atomic E-state index is 11.4. The average Bonchev–Trinajstić information content (AvgIpc) is 1.47. The molecule has 1 aliphatic heterocycles. The van der Waals surface area contributed by atoms with Crippen LogP contribution >= 0.6 is 11.8 Å². The minimum Gasteiger partial charge on any atom is -0.469 e. The second kappa shape index (κ2) is 100.0. The van der Waals surface area contributed by atoms with Crippen LogP contribution in [0.4, 0.5) is 8.78 Å². The van der Waals surface area contributed by atoms with Gasteiger partial charge in [0, 0.05) is 83.8 Å². The third kappa shape index (κ3) is 123. The molecule has 6 rings (SSSR count). The van der Waals surface area contributed by atoms with E-state index in [1.165, 1.54) is 166 Å². The average molecular weight is 1930 g/mol. The number of unbranched alkanes of at least 4 members (excludes halogenated alkanes) is 3. The van der Waals surface area contributed by atoms with Gasteiger partial charge in [0.2, 0.25) is 12.3 Å². The molecular weight excluding hydrogens is 1680 g/mol. The Bertz CT molecular complexity index is 2610. The molecule has 1 amide bonds. The van der Waals surface area contributed by atoms with E-state index in [4.69, 9.17) is 14.2 Å². The minimum absolute atomic E-state index is 0.0417. The van der Waals surface area contributed by atoms with Crippen LogP contribution in [0.25, 0.3) is 0 Å². The number of rotatable bonds is 38. The Hall–Kier alpha value is -3.13. The quantitative estimate of drug-likeness (QED) is 0.0476. The Kier molecular flexibility index (Phi) is 113. The molecule has 2 aromatic rings. The van der Waals surface area contributed by atoms with Gasteiger partial charge in [0.1, 0.15) is 0 Å². The van der Waals surface area contributed by atoms with Gasteiger partial charge in [0.15, 0.2) is 0 Å². The molecule has 3 aliphatic carbocycles. The van der Waals surface area contributed by atoms with E-state index in [1.807, 2.05) is 57.1 Å². The monoisotopic (exact) mass is 1920 g/mol. The summed E-state index contributed by atoms with van der Waals surface area (Å²) in [4.78, 5) is 37.8. The highest BCUT2D eigenvalue weighted by molar-refractivity contribution is 8.00. The van der Waals surface area contributed by atoms with Crippen molar-refractivity contribution in [2.75, 3.05) is 61.0 Å². The lowest BCUT2D eigenvalue weighted by Crippen LogP contribution is -2.30. The second-order valence-electron chi connectivity index (χ2n) is 45.9. The molecule has 4 fully saturated rings. The van der Waals surface area contributed by atoms with E-state index in [1.54, 1.807) is 26.1 Å². The van der Waals surface area contributed by atoms with Gasteiger partial charge in [0.25, 0.3) is 0 Å². The molecule has 4 aliphatic rings. The second-order valence-corrected chi connectivity index (χ2v) is 47.8. The van der Waals surface area contributed by atoms with Crippen LogP contribution in [-0.4, -0.2) is 111 Å². The smallest absolute Gasteiger partial charge is 0.305 e. The molecule has 2 heterocycles. The number of methoxy groups -OCH3 is 3. The Balaban J connectivity index is -0.000000153. The molecule has 134 heavy (non-hydrogen) atoms. The Morgan fingerprint density at radius 3 is 1.07 bits per heavy atom. The summed E-state index contributed by atoms with van der Waals surface area (Å²) in [5.74, 6) is 17.6. The molecule has 1 saturated heterocycles. The van der Waals surface area contributed by atoms with Crippen molar-refractivity contribution in [3.8, 4) is 0 Å². The van der Waals surface area contributed by atoms with Crippen LogP contribution in [0.2, 0.25) is 0 Å². The zero-order valence-electron chi connectivity index (χ0n) is 99.4. The van der Waals surface area contributed by atoms with E-state index >= 15 is 0 Å². The molecular formula is C121H244F2N2O8S. The highest BCUT2D eigenvalue weighted by Gasteiger charge is 2.26. The molecule has 13 heteroatoms. The van der Waals surface area contributed by atoms with Crippen molar-refractivity contribution in [3.63, 3.8) is 0 Å². The van der Waals surface area contributed by atoms with Gasteiger partial charge in [-0.1, -0.05) is 409 Å². The van der Waals surface area contributed by atoms with Crippen molar-refractivity contribution >= 4 is 29.6 Å². The number of alkyl halides is 2. The molecule has 1 aromatic heterocycles. The van der Waals surface area contributed by atoms with Gasteiger partial charge in [-0.3, -0.25) is 19.4 Å². The molecule has 1 aromatic carbocycles. The summed E-state index contributed by atoms with van der Waals surface area (Å²) in [6, 6.07) is 14.6. The Morgan fingerprint density at radius 2 is 0.836 bits per heavy atom. The van der Waals surface area contributed by atoms with Crippen LogP contribution in [0.5, 0.6) is 0 Å². The summed E-state index contributed by atoms with van der Waals surface area (Å²) in [7, 11) is 8.19. The lowest BCUT2D eigenvalue weighted by molar-refractivity contribution is -0.141. The SMILES string of the molecule is CC(C)C1CC1.CC(C)C1CCC1.CC(C)C1CCCC1.CC(C)CC1CCOCC1.CC(C)CCC(=O)N(C)C.CC(C)CCC(F)F.CC(C)Cc1cccnc1.CC(C)c1ccccc1.CCCC(C)C.CCCC(C)C.CCCCCC(C)C.CCOC(C)(C)C(C)C.CCSC(C)(C)C(C)C.COC(=O)CCC(C)C.COC(=O)CCCCC(C)C.COC(C)(C)C(C)C. The number of ether oxygens (including phenoxy) is 5. The summed E-state index contributed by atoms with van der Waals surface area (Å²) >= 11 is 2.04. The summed E-state index contributed by atoms with van der Waals surface area (Å²) in [5.41, 5.74) is 2.84. The van der Waals surface area contributed by atoms with Crippen LogP contribution in [0.3, 0.4) is 0 Å². The first-order valence-corrected chi connectivity index (χ1v) is 56.1. The maximum atomic E-state index is 11.4. The number of hydrogen-bond acceptors (Lipinski definition) is 10. The lowest BCUT2D eigenvalue weighted by atomic mass is 9.78. The third-order valence-electron chi connectivity index (χ3n) is 25.0. The van der Waals surface area contributed by atoms with E-state index in [0.717, 1.165) is 135 Å². The zero-order valence-corrected chi connectivity index (χ0v) is 100. The highest BCUT2D eigenvalue weighted by atomic mass is 32.2. The minimum atomic E-state index is -2.11. The lowest BCUT2D eigenvalue weighted by Gasteiger charge is -2.28. The normalized spacial score (nSPS) is 13.5. The molecule has 0 bridgehead atoms. The fourth-order valence-corrected chi connectivity index (χ4v) is 13.8. The van der Waals surface area contributed by atoms with Crippen LogP contribution in [0.1, 0.15) is 507 Å². The molecule has 10 nitrogen and oxygen atoms in total. The van der Waals surface area contributed by atoms with Crippen molar-refractivity contribution in [2.24, 2.45) is 112 Å². The van der Waals surface area contributed by atoms with Gasteiger partial charge in [-0.05, 0) is 240 Å². The Morgan fingerprint density at radius 1 is 0.433 bits per heavy atom. The number of aromatic nitrogens is 1. The first-order chi connectivity index (χ1) is 62.1. The fourth-order valence-electron chi connectivity index (χ4n) is 12.8. The first-order valence-electron chi connectivity index (χ1n) is 55.1. The topological polar surface area (TPSA) is 113 Å². The van der Waals surface area contributed by atoms with E-state index in [2.05, 4.69) is 322 Å². The summed E-state index contributed by atoms with van der Waals surface area (Å²) < 4.78 is 48.2. The maximum Gasteiger partial charge on any atom is 0.305 e. The van der Waals surface area contributed by atoms with Crippen LogP contribution < -0.4 is 0 Å². The van der Waals surface area contributed by atoms with Crippen molar-refractivity contribution < 1.29 is 46.8 Å². The number of halogens is 2. The van der Waals surface area contributed by atoms with Gasteiger partial charge in [-0.2, -0.15) is 11.8 Å². The summed E-state index contributed by atoms with van der Waals surface area (Å²) in [5, 5.41) is 0. The van der Waals surface area contributed by atoms with Crippen molar-refractivity contribution in [3.05, 3.63) is 66.0 Å². The van der Waals surface area contributed by atoms with Crippen LogP contribution in [0.15, 0.2) is 54.9 Å². The largest absolute Gasteiger partial charge is 0.469 e. The number of benzene rings is 1. The van der Waals surface area contributed by atoms with Gasteiger partial charge in [-0.15, -0.1) is 0 Å². The standard InChI is InChI=1S/C9H13N.C9H18O2.C9H18O.C9H12.C8H17NO.C8H18O.C8H18S.C8H16.C8H18.C7H14O2.C7H16O.C7H14.C6H12F2.C6H12.2C6H14/c1-8(2)6-9-4-3-5-10-7-9;1-8(2)6-4-5-7-9(10)11-3;1-8(2)7-9-3-5-10-6-4-9;1-8(2)9-6-4-3-5-7-9;1-7(2)5-6-8(10)9(3)4;2*1-6-9-8(4,5)7(2)3;1-7(2)8-5-3-4-6-8;1-4-5-6-7-8(2)3;1-6(2)4-5-7(8)9-3;1-6(2)7(3,4)8-5;1-6(2)7-4-3-5-7;1-5(2)3-4-6(7)8;1-5(2)6-3-4-6;2*1-4-5-6(2)3/h3-5,7-8H,6H2,1-2H3;8H,4-7H2,1-3H3;8-9H,3-7H2,1-2H3;3-8H,1-2H3;7H,5-6H2,1-4H3;2*7H,6H2,1-5H3;7-8H,3-6H2,1-2H3;8H,4-7H2,1-3H3;6H,4-5H2,1-3H3;6H,1-5H3;6-7H,3-5H2,1-2H3;5-6H,3-4H2,1-2H3;5-6H,3-4H2,1-2H3;2*6H,4-5H2,1-3H3. The van der Waals surface area contributed by atoms with Crippen molar-refractivity contribution in [2.45, 2.75) is 525 Å². The Labute approximate surface area is 845 Å². The molecule has 806 valence electrons. The van der Waals surface area contributed by atoms with E-state index in [9.17, 15) is 23.2 Å². The predicted octanol–water partition coefficient (Wildman–Crippen LogP) is 38.9. The molecule has 3 saturated carbocycles. The molecule has 0 radical (unpaired) electrons. The number of nitrogens with zero attached hydrogens (tertiary/aromatic N) is 2. The summed E-state index contributed by atoms with van der Waals surface area (Å²) in [6.45, 7) is 97.7. The van der Waals surface area contributed by atoms with Gasteiger partial charge < -0.3 is 28.6 Å². The van der Waals surface area contributed by atoms with E-state index in [0.29, 0.717) is 65.9 Å². The zero-order chi connectivity index (χ0) is 106. The van der Waals surface area contributed by atoms with Crippen LogP contribution in [-0.2, 0) is 44.5 Å². The predicted molar refractivity (Wildman–Crippen MR) is 599 cm³/mol. The molecule has 0 spiro atoms. The van der Waals surface area contributed by atoms with E-state index in [-0.39, 0.29) is 35.5 Å². The van der Waals surface area contributed by atoms with Crippen molar-refractivity contribution in [1.29, 1.82) is 0 Å². The summed E-state index contributed by atoms with van der Waals surface area (Å²) in [6.07, 6.45) is 38.9. The third-order valence-corrected chi connectivity index (χ3v) is 26.5. The molecule has 0 atom stereocenters. The number of esters is 2. The van der Waals surface area contributed by atoms with Gasteiger partial charge in [0.05, 0.1) is 25.4 Å². The number of carbonyl (C=O) groups is 3. The van der Waals surface area contributed by atoms with Crippen LogP contribution in [0, 0.1) is 112 Å². The number of hydrogen-bond donors (Lipinski definition) is 0. The van der Waals surface area contributed by atoms with E-state index < -0.39 is 6.43 Å². The molecule has 0 unspecified atom stereocenters. The number of pyridine rings is 1. The first kappa shape index (κ1) is 151. The highest BCUT2D eigenvalue weighted by Crippen LogP contribution is 2.36. The van der Waals surface area contributed by atoms with Gasteiger partial charge in [-0.25, -0.2) is 8.78 Å².